The molecule has 0 aliphatic carbocycles. The van der Waals surface area contributed by atoms with Crippen LogP contribution in [0.2, 0.25) is 5.02 Å². The number of anilines is 1. The number of halogens is 2. The van der Waals surface area contributed by atoms with Crippen LogP contribution in [0, 0.1) is 17.1 Å². The van der Waals surface area contributed by atoms with E-state index in [0.29, 0.717) is 11.4 Å². The van der Waals surface area contributed by atoms with Crippen LogP contribution in [0.4, 0.5) is 10.1 Å². The number of carbonyl (C=O) groups is 1. The van der Waals surface area contributed by atoms with Gasteiger partial charge in [-0.25, -0.2) is 4.39 Å². The van der Waals surface area contributed by atoms with E-state index in [0.717, 1.165) is 6.07 Å². The summed E-state index contributed by atoms with van der Waals surface area (Å²) >= 11 is 5.60. The van der Waals surface area contributed by atoms with Crippen LogP contribution >= 0.6 is 11.6 Å². The summed E-state index contributed by atoms with van der Waals surface area (Å²) in [7, 11) is 0. The van der Waals surface area contributed by atoms with Crippen molar-refractivity contribution >= 4 is 29.3 Å². The van der Waals surface area contributed by atoms with Crippen molar-refractivity contribution in [3.05, 3.63) is 58.8 Å². The van der Waals surface area contributed by atoms with Crippen molar-refractivity contribution in [2.75, 3.05) is 5.32 Å². The van der Waals surface area contributed by atoms with E-state index in [1.165, 1.54) is 24.5 Å². The highest BCUT2D eigenvalue weighted by atomic mass is 35.5. The molecule has 0 saturated carbocycles. The summed E-state index contributed by atoms with van der Waals surface area (Å²) in [6, 6.07) is 8.75. The fourth-order valence-corrected chi connectivity index (χ4v) is 1.62. The fraction of sp³-hybridized carbons (Fsp3) is 0. The third kappa shape index (κ3) is 3.25. The zero-order valence-electron chi connectivity index (χ0n) is 10.1. The molecule has 6 heteroatoms. The van der Waals surface area contributed by atoms with Gasteiger partial charge in [0.25, 0.3) is 5.91 Å². The topological polar surface area (TPSA) is 66.0 Å². The van der Waals surface area contributed by atoms with Gasteiger partial charge in [0.15, 0.2) is 0 Å². The normalized spacial score (nSPS) is 10.9. The zero-order chi connectivity index (χ0) is 14.5. The molecule has 1 aromatic carbocycles. The van der Waals surface area contributed by atoms with Gasteiger partial charge in [-0.15, -0.1) is 0 Å². The molecule has 0 spiro atoms. The Kier molecular flexibility index (Phi) is 4.18. The highest BCUT2D eigenvalue weighted by Gasteiger charge is 2.11. The third-order valence-corrected chi connectivity index (χ3v) is 2.66. The molecule has 0 aliphatic rings. The Morgan fingerprint density at radius 2 is 2.25 bits per heavy atom. The Bertz CT molecular complexity index is 702. The smallest absolute Gasteiger partial charge is 0.266 e. The first-order valence-electron chi connectivity index (χ1n) is 5.52. The molecule has 1 heterocycles. The molecule has 1 aromatic heterocycles. The number of furan rings is 1. The molecule has 0 fully saturated rings. The van der Waals surface area contributed by atoms with Crippen LogP contribution in [0.5, 0.6) is 0 Å². The highest BCUT2D eigenvalue weighted by Crippen LogP contribution is 2.20. The van der Waals surface area contributed by atoms with E-state index in [1.807, 2.05) is 0 Å². The Morgan fingerprint density at radius 3 is 2.85 bits per heavy atom. The summed E-state index contributed by atoms with van der Waals surface area (Å²) in [5.74, 6) is -0.836. The van der Waals surface area contributed by atoms with Gasteiger partial charge >= 0.3 is 0 Å². The summed E-state index contributed by atoms with van der Waals surface area (Å²) in [6.07, 6.45) is 2.74. The molecule has 2 aromatic rings. The first-order chi connectivity index (χ1) is 9.60. The van der Waals surface area contributed by atoms with Crippen LogP contribution in [0.3, 0.4) is 0 Å². The maximum absolute atomic E-state index is 13.0. The molecular weight excluding hydrogens is 283 g/mol. The van der Waals surface area contributed by atoms with Crippen LogP contribution < -0.4 is 5.32 Å². The van der Waals surface area contributed by atoms with Crippen LogP contribution in [0.25, 0.3) is 6.08 Å². The van der Waals surface area contributed by atoms with E-state index in [1.54, 1.807) is 18.2 Å². The molecule has 0 atom stereocenters. The quantitative estimate of drug-likeness (QED) is 0.693. The van der Waals surface area contributed by atoms with Gasteiger partial charge < -0.3 is 9.73 Å². The second kappa shape index (κ2) is 6.04. The van der Waals surface area contributed by atoms with Crippen molar-refractivity contribution in [3.63, 3.8) is 0 Å². The standard InChI is InChI=1S/C14H8ClFN2O2/c15-12-7-10(3-4-13(12)16)18-14(19)9(8-17)6-11-2-1-5-20-11/h1-7H,(H,18,19)/b9-6+. The van der Waals surface area contributed by atoms with Gasteiger partial charge in [-0.1, -0.05) is 11.6 Å². The van der Waals surface area contributed by atoms with Crippen molar-refractivity contribution in [2.45, 2.75) is 0 Å². The van der Waals surface area contributed by atoms with E-state index < -0.39 is 11.7 Å². The minimum absolute atomic E-state index is 0.115. The number of rotatable bonds is 3. The lowest BCUT2D eigenvalue weighted by molar-refractivity contribution is -0.112. The van der Waals surface area contributed by atoms with Crippen molar-refractivity contribution in [1.29, 1.82) is 5.26 Å². The van der Waals surface area contributed by atoms with E-state index in [4.69, 9.17) is 21.3 Å². The van der Waals surface area contributed by atoms with Crippen LogP contribution in [0.1, 0.15) is 5.76 Å². The number of hydrogen-bond acceptors (Lipinski definition) is 3. The summed E-state index contributed by atoms with van der Waals surface area (Å²) in [4.78, 5) is 11.9. The Hall–Kier alpha value is -2.58. The van der Waals surface area contributed by atoms with Crippen molar-refractivity contribution in [3.8, 4) is 6.07 Å². The predicted molar refractivity (Wildman–Crippen MR) is 72.3 cm³/mol. The molecule has 20 heavy (non-hydrogen) atoms. The molecular formula is C14H8ClFN2O2. The number of nitrogens with one attached hydrogen (secondary N) is 1. The molecule has 0 saturated heterocycles. The van der Waals surface area contributed by atoms with Crippen molar-refractivity contribution < 1.29 is 13.6 Å². The summed E-state index contributed by atoms with van der Waals surface area (Å²) in [5, 5.41) is 11.3. The lowest BCUT2D eigenvalue weighted by atomic mass is 10.2. The Morgan fingerprint density at radius 1 is 1.45 bits per heavy atom. The molecule has 1 N–H and O–H groups in total. The van der Waals surface area contributed by atoms with Crippen molar-refractivity contribution in [1.82, 2.24) is 0 Å². The van der Waals surface area contributed by atoms with Crippen LogP contribution in [-0.4, -0.2) is 5.91 Å². The van der Waals surface area contributed by atoms with Crippen molar-refractivity contribution in [2.24, 2.45) is 0 Å². The average Bonchev–Trinajstić information content (AvgIpc) is 2.93. The van der Waals surface area contributed by atoms with Gasteiger partial charge in [-0.3, -0.25) is 4.79 Å². The van der Waals surface area contributed by atoms with Gasteiger partial charge in [-0.05, 0) is 30.3 Å². The lowest BCUT2D eigenvalue weighted by Gasteiger charge is -2.04. The highest BCUT2D eigenvalue weighted by molar-refractivity contribution is 6.31. The van der Waals surface area contributed by atoms with E-state index in [2.05, 4.69) is 5.32 Å². The minimum atomic E-state index is -0.633. The summed E-state index contributed by atoms with van der Waals surface area (Å²) < 4.78 is 18.0. The number of benzene rings is 1. The van der Waals surface area contributed by atoms with Crippen LogP contribution in [0.15, 0.2) is 46.6 Å². The summed E-state index contributed by atoms with van der Waals surface area (Å²) in [6.45, 7) is 0. The van der Waals surface area contributed by atoms with Gasteiger partial charge in [0, 0.05) is 11.8 Å². The lowest BCUT2D eigenvalue weighted by Crippen LogP contribution is -2.13. The molecule has 0 radical (unpaired) electrons. The predicted octanol–water partition coefficient (Wildman–Crippen LogP) is 3.62. The maximum atomic E-state index is 13.0. The number of carbonyl (C=O) groups excluding carboxylic acids is 1. The number of nitriles is 1. The molecule has 1 amide bonds. The fourth-order valence-electron chi connectivity index (χ4n) is 1.44. The molecule has 2 rings (SSSR count). The van der Waals surface area contributed by atoms with Gasteiger partial charge in [-0.2, -0.15) is 5.26 Å². The van der Waals surface area contributed by atoms with Gasteiger partial charge in [0.2, 0.25) is 0 Å². The average molecular weight is 291 g/mol. The number of amides is 1. The first-order valence-corrected chi connectivity index (χ1v) is 5.89. The summed E-state index contributed by atoms with van der Waals surface area (Å²) in [5.41, 5.74) is 0.155. The van der Waals surface area contributed by atoms with E-state index >= 15 is 0 Å². The van der Waals surface area contributed by atoms with Gasteiger partial charge in [0.05, 0.1) is 11.3 Å². The molecule has 0 aliphatic heterocycles. The van der Waals surface area contributed by atoms with Gasteiger partial charge in [0.1, 0.15) is 23.2 Å². The number of hydrogen-bond donors (Lipinski definition) is 1. The largest absolute Gasteiger partial charge is 0.465 e. The Balaban J connectivity index is 2.18. The third-order valence-electron chi connectivity index (χ3n) is 2.37. The second-order valence-electron chi connectivity index (χ2n) is 3.77. The maximum Gasteiger partial charge on any atom is 0.266 e. The molecule has 0 unspecified atom stereocenters. The number of nitrogens with zero attached hydrogens (tertiary/aromatic N) is 1. The minimum Gasteiger partial charge on any atom is -0.465 e. The second-order valence-corrected chi connectivity index (χ2v) is 4.18. The molecule has 100 valence electrons. The Labute approximate surface area is 119 Å². The molecule has 0 bridgehead atoms. The van der Waals surface area contributed by atoms with Crippen LogP contribution in [-0.2, 0) is 4.79 Å². The molecule has 4 nitrogen and oxygen atoms in total. The monoisotopic (exact) mass is 290 g/mol. The van der Waals surface area contributed by atoms with E-state index in [-0.39, 0.29) is 10.6 Å². The zero-order valence-corrected chi connectivity index (χ0v) is 10.8. The SMILES string of the molecule is N#C/C(=C\c1ccco1)C(=O)Nc1ccc(F)c(Cl)c1. The first kappa shape index (κ1) is 13.8. The van der Waals surface area contributed by atoms with E-state index in [9.17, 15) is 9.18 Å².